The summed E-state index contributed by atoms with van der Waals surface area (Å²) in [7, 11) is 0. The first-order valence-electron chi connectivity index (χ1n) is 8.66. The van der Waals surface area contributed by atoms with Gasteiger partial charge in [-0.1, -0.05) is 13.8 Å². The molecule has 0 aromatic rings. The van der Waals surface area contributed by atoms with E-state index in [1.807, 2.05) is 27.7 Å². The zero-order valence-corrected chi connectivity index (χ0v) is 15.8. The summed E-state index contributed by atoms with van der Waals surface area (Å²) >= 11 is 0. The number of carbonyl (C=O) groups is 3. The van der Waals surface area contributed by atoms with E-state index in [4.69, 9.17) is 14.2 Å². The van der Waals surface area contributed by atoms with Gasteiger partial charge >= 0.3 is 0 Å². The van der Waals surface area contributed by atoms with Gasteiger partial charge in [-0.3, -0.25) is 14.4 Å². The average molecular weight is 360 g/mol. The van der Waals surface area contributed by atoms with E-state index in [1.54, 1.807) is 0 Å². The minimum Gasteiger partial charge on any atom is -0.379 e. The van der Waals surface area contributed by atoms with Crippen LogP contribution in [0.5, 0.6) is 0 Å². The molecule has 0 aliphatic heterocycles. The molecule has 0 atom stereocenters. The average Bonchev–Trinajstić information content (AvgIpc) is 2.55. The van der Waals surface area contributed by atoms with E-state index in [-0.39, 0.29) is 49.4 Å². The van der Waals surface area contributed by atoms with Crippen molar-refractivity contribution in [2.45, 2.75) is 40.2 Å². The van der Waals surface area contributed by atoms with Crippen LogP contribution < -0.4 is 10.6 Å². The molecule has 0 aromatic heterocycles. The third kappa shape index (κ3) is 15.7. The highest BCUT2D eigenvalue weighted by atomic mass is 16.5. The predicted octanol–water partition coefficient (Wildman–Crippen LogP) is 0.292. The monoisotopic (exact) mass is 360 g/mol. The van der Waals surface area contributed by atoms with Crippen molar-refractivity contribution in [3.63, 3.8) is 0 Å². The van der Waals surface area contributed by atoms with E-state index >= 15 is 0 Å². The first-order chi connectivity index (χ1) is 11.8. The van der Waals surface area contributed by atoms with Crippen molar-refractivity contribution in [1.82, 2.24) is 10.6 Å². The van der Waals surface area contributed by atoms with Crippen molar-refractivity contribution in [2.24, 2.45) is 5.92 Å². The van der Waals surface area contributed by atoms with Gasteiger partial charge in [-0.2, -0.15) is 0 Å². The van der Waals surface area contributed by atoms with E-state index < -0.39 is 0 Å². The molecule has 2 N–H and O–H groups in total. The third-order valence-corrected chi connectivity index (χ3v) is 3.05. The Hall–Kier alpha value is -1.51. The highest BCUT2D eigenvalue weighted by Gasteiger charge is 2.06. The summed E-state index contributed by atoms with van der Waals surface area (Å²) < 4.78 is 15.6. The van der Waals surface area contributed by atoms with Gasteiger partial charge in [-0.15, -0.1) is 0 Å². The summed E-state index contributed by atoms with van der Waals surface area (Å²) in [5, 5.41) is 5.27. The van der Waals surface area contributed by atoms with Crippen LogP contribution in [-0.4, -0.2) is 69.8 Å². The molecular weight excluding hydrogens is 328 g/mol. The van der Waals surface area contributed by atoms with Crippen molar-refractivity contribution >= 4 is 17.6 Å². The smallest absolute Gasteiger partial charge is 0.246 e. The van der Waals surface area contributed by atoms with Gasteiger partial charge in [0, 0.05) is 25.4 Å². The van der Waals surface area contributed by atoms with Gasteiger partial charge < -0.3 is 24.8 Å². The van der Waals surface area contributed by atoms with Crippen molar-refractivity contribution in [3.05, 3.63) is 0 Å². The van der Waals surface area contributed by atoms with Crippen LogP contribution in [0.4, 0.5) is 0 Å². The number of rotatable bonds is 15. The topological polar surface area (TPSA) is 103 Å². The number of ketones is 1. The van der Waals surface area contributed by atoms with Gasteiger partial charge in [0.1, 0.15) is 19.0 Å². The highest BCUT2D eigenvalue weighted by molar-refractivity contribution is 5.80. The molecule has 25 heavy (non-hydrogen) atoms. The Balaban J connectivity index is 3.42. The molecule has 0 rings (SSSR count). The third-order valence-electron chi connectivity index (χ3n) is 3.05. The quantitative estimate of drug-likeness (QED) is 0.407. The maximum Gasteiger partial charge on any atom is 0.246 e. The van der Waals surface area contributed by atoms with Crippen LogP contribution in [-0.2, 0) is 28.6 Å². The molecule has 0 heterocycles. The maximum atomic E-state index is 11.5. The van der Waals surface area contributed by atoms with Crippen molar-refractivity contribution in [3.8, 4) is 0 Å². The molecule has 0 saturated carbocycles. The number of carbonyl (C=O) groups excluding carboxylic acids is 3. The summed E-state index contributed by atoms with van der Waals surface area (Å²) in [5.41, 5.74) is 0. The first kappa shape index (κ1) is 23.5. The molecule has 8 heteroatoms. The summed E-state index contributed by atoms with van der Waals surface area (Å²) in [6.07, 6.45) is 0.396. The fourth-order valence-corrected chi connectivity index (χ4v) is 1.60. The van der Waals surface area contributed by atoms with Crippen LogP contribution in [0.15, 0.2) is 0 Å². The molecule has 0 saturated heterocycles. The minimum absolute atomic E-state index is 0.00497. The SMILES string of the molecule is CC(C)OCC(=O)NCCOCC(=O)NCCOCCC(=O)C(C)C. The Kier molecular flexibility index (Phi) is 13.9. The summed E-state index contributed by atoms with van der Waals surface area (Å²) in [5.74, 6) is -0.278. The van der Waals surface area contributed by atoms with E-state index in [9.17, 15) is 14.4 Å². The molecule has 0 aliphatic rings. The lowest BCUT2D eigenvalue weighted by molar-refractivity contribution is -0.128. The Morgan fingerprint density at radius 2 is 1.36 bits per heavy atom. The first-order valence-corrected chi connectivity index (χ1v) is 8.66. The molecule has 146 valence electrons. The molecular formula is C17H32N2O6. The molecule has 0 aliphatic carbocycles. The molecule has 0 radical (unpaired) electrons. The van der Waals surface area contributed by atoms with Crippen LogP contribution in [0.2, 0.25) is 0 Å². The number of ether oxygens (including phenoxy) is 3. The molecule has 0 bridgehead atoms. The second-order valence-electron chi connectivity index (χ2n) is 6.10. The van der Waals surface area contributed by atoms with Crippen molar-refractivity contribution in [1.29, 1.82) is 0 Å². The second kappa shape index (κ2) is 14.8. The van der Waals surface area contributed by atoms with E-state index in [0.29, 0.717) is 32.7 Å². The second-order valence-corrected chi connectivity index (χ2v) is 6.10. The van der Waals surface area contributed by atoms with Crippen LogP contribution >= 0.6 is 0 Å². The van der Waals surface area contributed by atoms with Gasteiger partial charge in [0.25, 0.3) is 0 Å². The van der Waals surface area contributed by atoms with Gasteiger partial charge in [0.05, 0.1) is 25.9 Å². The van der Waals surface area contributed by atoms with Gasteiger partial charge in [0.2, 0.25) is 11.8 Å². The van der Waals surface area contributed by atoms with Gasteiger partial charge in [-0.25, -0.2) is 0 Å². The molecule has 8 nitrogen and oxygen atoms in total. The normalized spacial score (nSPS) is 11.0. The molecule has 2 amide bonds. The molecule has 0 aromatic carbocycles. The van der Waals surface area contributed by atoms with Crippen LogP contribution in [0.1, 0.15) is 34.1 Å². The van der Waals surface area contributed by atoms with Crippen LogP contribution in [0, 0.1) is 5.92 Å². The molecule has 0 fully saturated rings. The van der Waals surface area contributed by atoms with E-state index in [0.717, 1.165) is 0 Å². The van der Waals surface area contributed by atoms with Gasteiger partial charge in [0.15, 0.2) is 0 Å². The zero-order chi connectivity index (χ0) is 19.1. The predicted molar refractivity (Wildman–Crippen MR) is 93.2 cm³/mol. The van der Waals surface area contributed by atoms with Crippen LogP contribution in [0.25, 0.3) is 0 Å². The minimum atomic E-state index is -0.253. The number of hydrogen-bond acceptors (Lipinski definition) is 6. The zero-order valence-electron chi connectivity index (χ0n) is 15.8. The van der Waals surface area contributed by atoms with Crippen molar-refractivity contribution < 1.29 is 28.6 Å². The lowest BCUT2D eigenvalue weighted by atomic mass is 10.1. The fourth-order valence-electron chi connectivity index (χ4n) is 1.60. The lowest BCUT2D eigenvalue weighted by Crippen LogP contribution is -2.34. The largest absolute Gasteiger partial charge is 0.379 e. The highest BCUT2D eigenvalue weighted by Crippen LogP contribution is 1.98. The Morgan fingerprint density at radius 1 is 0.800 bits per heavy atom. The molecule has 0 unspecified atom stereocenters. The van der Waals surface area contributed by atoms with Crippen molar-refractivity contribution in [2.75, 3.05) is 46.1 Å². The number of amides is 2. The molecule has 0 spiro atoms. The Morgan fingerprint density at radius 3 is 1.92 bits per heavy atom. The number of hydrogen-bond donors (Lipinski definition) is 2. The Bertz CT molecular complexity index is 399. The standard InChI is InChI=1S/C17H32N2O6/c1-13(2)15(20)5-8-23-9-6-18-16(21)11-24-10-7-19-17(22)12-25-14(3)4/h13-14H,5-12H2,1-4H3,(H,18,21)(H,19,22). The van der Waals surface area contributed by atoms with E-state index in [1.165, 1.54) is 0 Å². The van der Waals surface area contributed by atoms with Crippen LogP contribution in [0.3, 0.4) is 0 Å². The number of Topliss-reactive ketones (excluding diaryl/α,β-unsaturated/α-hetero) is 1. The van der Waals surface area contributed by atoms with E-state index in [2.05, 4.69) is 10.6 Å². The number of nitrogens with one attached hydrogen (secondary N) is 2. The summed E-state index contributed by atoms with van der Waals surface area (Å²) in [4.78, 5) is 34.2. The summed E-state index contributed by atoms with van der Waals surface area (Å²) in [6.45, 7) is 8.99. The fraction of sp³-hybridized carbons (Fsp3) is 0.824. The maximum absolute atomic E-state index is 11.5. The summed E-state index contributed by atoms with van der Waals surface area (Å²) in [6, 6.07) is 0. The lowest BCUT2D eigenvalue weighted by Gasteiger charge is -2.09. The van der Waals surface area contributed by atoms with Gasteiger partial charge in [-0.05, 0) is 13.8 Å². The Labute approximate surface area is 150 Å².